The molecule has 0 saturated carbocycles. The van der Waals surface area contributed by atoms with Crippen LogP contribution in [0.2, 0.25) is 0 Å². The van der Waals surface area contributed by atoms with Crippen LogP contribution in [0.5, 0.6) is 0 Å². The van der Waals surface area contributed by atoms with E-state index in [4.69, 9.17) is 4.74 Å². The van der Waals surface area contributed by atoms with Gasteiger partial charge in [-0.05, 0) is 37.1 Å². The molecule has 0 amide bonds. The number of methoxy groups -OCH3 is 1. The lowest BCUT2D eigenvalue weighted by Crippen LogP contribution is -2.18. The minimum absolute atomic E-state index is 0.700. The van der Waals surface area contributed by atoms with Crippen LogP contribution >= 0.6 is 0 Å². The Morgan fingerprint density at radius 3 is 2.63 bits per heavy atom. The minimum atomic E-state index is 0.700. The van der Waals surface area contributed by atoms with E-state index >= 15 is 0 Å². The van der Waals surface area contributed by atoms with Gasteiger partial charge in [-0.15, -0.1) is 5.10 Å². The summed E-state index contributed by atoms with van der Waals surface area (Å²) in [5, 5.41) is 11.6. The van der Waals surface area contributed by atoms with E-state index in [1.807, 2.05) is 10.9 Å². The molecule has 1 N–H and O–H groups in total. The highest BCUT2D eigenvalue weighted by Gasteiger charge is 2.03. The van der Waals surface area contributed by atoms with Gasteiger partial charge in [-0.3, -0.25) is 0 Å². The summed E-state index contributed by atoms with van der Waals surface area (Å²) in [4.78, 5) is 0. The molecular weight excluding hydrogens is 240 g/mol. The van der Waals surface area contributed by atoms with Crippen molar-refractivity contribution in [3.8, 4) is 5.69 Å². The van der Waals surface area contributed by atoms with Crippen molar-refractivity contribution in [2.75, 3.05) is 20.3 Å². The average Bonchev–Trinajstić information content (AvgIpc) is 2.82. The van der Waals surface area contributed by atoms with E-state index in [2.05, 4.69) is 47.7 Å². The maximum atomic E-state index is 4.98. The molecular formula is C14H20N4O. The molecule has 0 fully saturated rings. The Labute approximate surface area is 113 Å². The normalized spacial score (nSPS) is 10.9. The van der Waals surface area contributed by atoms with Gasteiger partial charge < -0.3 is 10.1 Å². The van der Waals surface area contributed by atoms with E-state index in [1.165, 1.54) is 11.1 Å². The summed E-state index contributed by atoms with van der Waals surface area (Å²) in [5.74, 6) is 0. The van der Waals surface area contributed by atoms with Gasteiger partial charge in [-0.1, -0.05) is 11.3 Å². The first-order valence-electron chi connectivity index (χ1n) is 6.38. The number of aromatic nitrogens is 3. The van der Waals surface area contributed by atoms with Gasteiger partial charge in [0.05, 0.1) is 24.2 Å². The van der Waals surface area contributed by atoms with Gasteiger partial charge in [0.25, 0.3) is 0 Å². The van der Waals surface area contributed by atoms with Crippen molar-refractivity contribution in [1.82, 2.24) is 20.3 Å². The Hall–Kier alpha value is -1.72. The van der Waals surface area contributed by atoms with Crippen molar-refractivity contribution in [2.24, 2.45) is 0 Å². The molecule has 0 radical (unpaired) electrons. The van der Waals surface area contributed by atoms with Crippen LogP contribution in [-0.2, 0) is 11.3 Å². The largest absolute Gasteiger partial charge is 0.383 e. The van der Waals surface area contributed by atoms with Gasteiger partial charge in [-0.25, -0.2) is 4.68 Å². The number of rotatable bonds is 6. The quantitative estimate of drug-likeness (QED) is 0.802. The maximum absolute atomic E-state index is 4.98. The topological polar surface area (TPSA) is 52.0 Å². The van der Waals surface area contributed by atoms with E-state index in [9.17, 15) is 0 Å². The lowest BCUT2D eigenvalue weighted by molar-refractivity contribution is 0.199. The summed E-state index contributed by atoms with van der Waals surface area (Å²) in [5.41, 5.74) is 4.43. The van der Waals surface area contributed by atoms with Crippen LogP contribution in [0.15, 0.2) is 24.4 Å². The lowest BCUT2D eigenvalue weighted by atomic mass is 10.1. The number of nitrogens with one attached hydrogen (secondary N) is 1. The van der Waals surface area contributed by atoms with Crippen LogP contribution in [0.3, 0.4) is 0 Å². The van der Waals surface area contributed by atoms with Crippen molar-refractivity contribution in [1.29, 1.82) is 0 Å². The van der Waals surface area contributed by atoms with Gasteiger partial charge in [0, 0.05) is 20.2 Å². The molecule has 0 spiro atoms. The second kappa shape index (κ2) is 6.45. The summed E-state index contributed by atoms with van der Waals surface area (Å²) in [7, 11) is 1.69. The SMILES string of the molecule is COCCNCc1cn(-c2cc(C)cc(C)c2)nn1. The number of benzene rings is 1. The molecule has 0 aliphatic carbocycles. The van der Waals surface area contributed by atoms with Gasteiger partial charge in [-0.2, -0.15) is 0 Å². The van der Waals surface area contributed by atoms with Gasteiger partial charge in [0.15, 0.2) is 0 Å². The van der Waals surface area contributed by atoms with E-state index < -0.39 is 0 Å². The molecule has 2 aromatic rings. The minimum Gasteiger partial charge on any atom is -0.383 e. The summed E-state index contributed by atoms with van der Waals surface area (Å²) in [6.07, 6.45) is 1.95. The molecule has 0 aliphatic rings. The molecule has 2 rings (SSSR count). The monoisotopic (exact) mass is 260 g/mol. The van der Waals surface area contributed by atoms with Crippen LogP contribution in [0.1, 0.15) is 16.8 Å². The summed E-state index contributed by atoms with van der Waals surface area (Å²) in [6.45, 7) is 6.38. The van der Waals surface area contributed by atoms with E-state index in [-0.39, 0.29) is 0 Å². The molecule has 19 heavy (non-hydrogen) atoms. The third-order valence-corrected chi connectivity index (χ3v) is 2.80. The van der Waals surface area contributed by atoms with Gasteiger partial charge in [0.1, 0.15) is 0 Å². The highest BCUT2D eigenvalue weighted by atomic mass is 16.5. The molecule has 102 valence electrons. The molecule has 0 bridgehead atoms. The van der Waals surface area contributed by atoms with E-state index in [0.29, 0.717) is 13.2 Å². The molecule has 0 aliphatic heterocycles. The third-order valence-electron chi connectivity index (χ3n) is 2.80. The second-order valence-electron chi connectivity index (χ2n) is 4.67. The van der Waals surface area contributed by atoms with Crippen LogP contribution in [0, 0.1) is 13.8 Å². The molecule has 1 heterocycles. The summed E-state index contributed by atoms with van der Waals surface area (Å²) in [6, 6.07) is 6.35. The molecule has 0 saturated heterocycles. The van der Waals surface area contributed by atoms with Crippen molar-refractivity contribution in [2.45, 2.75) is 20.4 Å². The second-order valence-corrected chi connectivity index (χ2v) is 4.67. The standard InChI is InChI=1S/C14H20N4O/c1-11-6-12(2)8-14(7-11)18-10-13(16-17-18)9-15-4-5-19-3/h6-8,10,15H,4-5,9H2,1-3H3. The lowest BCUT2D eigenvalue weighted by Gasteiger charge is -2.03. The molecule has 1 aromatic carbocycles. The maximum Gasteiger partial charge on any atom is 0.0969 e. The number of nitrogens with zero attached hydrogens (tertiary/aromatic N) is 3. The molecule has 0 unspecified atom stereocenters. The number of hydrogen-bond donors (Lipinski definition) is 1. The van der Waals surface area contributed by atoms with Crippen molar-refractivity contribution < 1.29 is 4.74 Å². The molecule has 5 nitrogen and oxygen atoms in total. The first kappa shape index (κ1) is 13.7. The zero-order chi connectivity index (χ0) is 13.7. The number of ether oxygens (including phenoxy) is 1. The molecule has 1 aromatic heterocycles. The van der Waals surface area contributed by atoms with Crippen LogP contribution in [0.25, 0.3) is 5.69 Å². The fraction of sp³-hybridized carbons (Fsp3) is 0.429. The fourth-order valence-electron chi connectivity index (χ4n) is 1.98. The predicted molar refractivity (Wildman–Crippen MR) is 74.4 cm³/mol. The van der Waals surface area contributed by atoms with Gasteiger partial charge in [0.2, 0.25) is 0 Å². The zero-order valence-electron chi connectivity index (χ0n) is 11.7. The smallest absolute Gasteiger partial charge is 0.0969 e. The average molecular weight is 260 g/mol. The number of aryl methyl sites for hydroxylation is 2. The molecule has 0 atom stereocenters. The Kier molecular flexibility index (Phi) is 4.65. The number of hydrogen-bond acceptors (Lipinski definition) is 4. The van der Waals surface area contributed by atoms with E-state index in [1.54, 1.807) is 7.11 Å². The highest BCUT2D eigenvalue weighted by molar-refractivity contribution is 5.38. The van der Waals surface area contributed by atoms with Crippen LogP contribution in [-0.4, -0.2) is 35.3 Å². The fourth-order valence-corrected chi connectivity index (χ4v) is 1.98. The van der Waals surface area contributed by atoms with Crippen molar-refractivity contribution in [3.05, 3.63) is 41.2 Å². The van der Waals surface area contributed by atoms with Gasteiger partial charge >= 0.3 is 0 Å². The first-order valence-corrected chi connectivity index (χ1v) is 6.38. The third kappa shape index (κ3) is 3.87. The van der Waals surface area contributed by atoms with Crippen LogP contribution in [0.4, 0.5) is 0 Å². The first-order chi connectivity index (χ1) is 9.19. The van der Waals surface area contributed by atoms with Crippen LogP contribution < -0.4 is 5.32 Å². The molecule has 5 heteroatoms. The Balaban J connectivity index is 2.03. The van der Waals surface area contributed by atoms with Crippen molar-refractivity contribution in [3.63, 3.8) is 0 Å². The Bertz CT molecular complexity index is 516. The zero-order valence-corrected chi connectivity index (χ0v) is 11.7. The summed E-state index contributed by atoms with van der Waals surface area (Å²) < 4.78 is 6.79. The summed E-state index contributed by atoms with van der Waals surface area (Å²) >= 11 is 0. The highest BCUT2D eigenvalue weighted by Crippen LogP contribution is 2.12. The predicted octanol–water partition coefficient (Wildman–Crippen LogP) is 1.62. The van der Waals surface area contributed by atoms with E-state index in [0.717, 1.165) is 17.9 Å². The Morgan fingerprint density at radius 1 is 1.21 bits per heavy atom. The Morgan fingerprint density at radius 2 is 1.95 bits per heavy atom. The van der Waals surface area contributed by atoms with Crippen molar-refractivity contribution >= 4 is 0 Å².